The molecule has 0 aromatic carbocycles. The maximum atomic E-state index is 4.38. The molecule has 0 saturated heterocycles. The van der Waals surface area contributed by atoms with Gasteiger partial charge in [-0.2, -0.15) is 0 Å². The molecule has 1 aliphatic carbocycles. The minimum atomic E-state index is 0.349. The second-order valence-corrected chi connectivity index (χ2v) is 7.04. The van der Waals surface area contributed by atoms with Crippen molar-refractivity contribution < 1.29 is 0 Å². The van der Waals surface area contributed by atoms with Gasteiger partial charge in [-0.05, 0) is 48.7 Å². The predicted molar refractivity (Wildman–Crippen MR) is 91.8 cm³/mol. The number of nitrogens with one attached hydrogen (secondary N) is 1. The highest BCUT2D eigenvalue weighted by Crippen LogP contribution is 2.31. The van der Waals surface area contributed by atoms with Gasteiger partial charge in [-0.1, -0.05) is 24.5 Å². The van der Waals surface area contributed by atoms with Crippen molar-refractivity contribution in [3.05, 3.63) is 23.1 Å². The Morgan fingerprint density at radius 2 is 2.05 bits per heavy atom. The zero-order chi connectivity index (χ0) is 15.5. The van der Waals surface area contributed by atoms with Crippen molar-refractivity contribution in [3.63, 3.8) is 0 Å². The van der Waals surface area contributed by atoms with Crippen LogP contribution in [0.4, 0.5) is 5.69 Å². The van der Waals surface area contributed by atoms with Gasteiger partial charge in [-0.25, -0.2) is 9.67 Å². The largest absolute Gasteiger partial charge is 0.382 e. The zero-order valence-electron chi connectivity index (χ0n) is 13.1. The van der Waals surface area contributed by atoms with Crippen LogP contribution in [0.15, 0.2) is 23.1 Å². The Bertz CT molecular complexity index is 631. The molecule has 22 heavy (non-hydrogen) atoms. The number of rotatable bonds is 4. The number of anilines is 1. The summed E-state index contributed by atoms with van der Waals surface area (Å²) >= 11 is 3.43. The summed E-state index contributed by atoms with van der Waals surface area (Å²) in [6, 6.07) is 2.84. The molecule has 0 amide bonds. The molecule has 0 spiro atoms. The van der Waals surface area contributed by atoms with E-state index in [0.29, 0.717) is 12.1 Å². The molecule has 5 nitrogen and oxygen atoms in total. The third-order valence-electron chi connectivity index (χ3n) is 4.05. The number of hydrogen-bond donors (Lipinski definition) is 1. The van der Waals surface area contributed by atoms with Crippen molar-refractivity contribution in [2.45, 2.75) is 58.0 Å². The Labute approximate surface area is 139 Å². The van der Waals surface area contributed by atoms with Crippen LogP contribution in [0.1, 0.15) is 52.0 Å². The van der Waals surface area contributed by atoms with Crippen molar-refractivity contribution in [2.75, 3.05) is 5.32 Å². The molecule has 0 aliphatic heterocycles. The monoisotopic (exact) mass is 363 g/mol. The Kier molecular flexibility index (Phi) is 4.76. The van der Waals surface area contributed by atoms with Gasteiger partial charge < -0.3 is 5.32 Å². The standard InChI is InChI=1S/C16H22BrN5/c1-11(2)19-14-8-16(17)18-9-13(14)15-10-22(21-20-15)12-6-4-3-5-7-12/h8-12H,3-7H2,1-2H3,(H,18,19). The first-order valence-corrected chi connectivity index (χ1v) is 8.77. The SMILES string of the molecule is CC(C)Nc1cc(Br)ncc1-c1cn(C2CCCCC2)nn1. The van der Waals surface area contributed by atoms with Crippen molar-refractivity contribution in [2.24, 2.45) is 0 Å². The van der Waals surface area contributed by atoms with Crippen molar-refractivity contribution >= 4 is 21.6 Å². The smallest absolute Gasteiger partial charge is 0.116 e. The van der Waals surface area contributed by atoms with E-state index >= 15 is 0 Å². The average Bonchev–Trinajstić information content (AvgIpc) is 2.97. The lowest BCUT2D eigenvalue weighted by atomic mass is 9.96. The maximum absolute atomic E-state index is 4.38. The Hall–Kier alpha value is -1.43. The third kappa shape index (κ3) is 3.48. The van der Waals surface area contributed by atoms with Crippen LogP contribution in [0.2, 0.25) is 0 Å². The van der Waals surface area contributed by atoms with Gasteiger partial charge in [-0.3, -0.25) is 0 Å². The van der Waals surface area contributed by atoms with Gasteiger partial charge in [0.25, 0.3) is 0 Å². The summed E-state index contributed by atoms with van der Waals surface area (Å²) in [4.78, 5) is 4.34. The fourth-order valence-electron chi connectivity index (χ4n) is 2.99. The molecule has 0 unspecified atom stereocenters. The van der Waals surface area contributed by atoms with E-state index in [1.807, 2.05) is 16.9 Å². The van der Waals surface area contributed by atoms with E-state index in [-0.39, 0.29) is 0 Å². The lowest BCUT2D eigenvalue weighted by Crippen LogP contribution is -2.13. The van der Waals surface area contributed by atoms with Gasteiger partial charge >= 0.3 is 0 Å². The van der Waals surface area contributed by atoms with E-state index in [9.17, 15) is 0 Å². The molecule has 2 heterocycles. The molecule has 2 aromatic rings. The molecule has 2 aromatic heterocycles. The molecule has 6 heteroatoms. The summed E-state index contributed by atoms with van der Waals surface area (Å²) in [5.41, 5.74) is 2.92. The van der Waals surface area contributed by atoms with Gasteiger partial charge in [0.1, 0.15) is 10.3 Å². The van der Waals surface area contributed by atoms with E-state index < -0.39 is 0 Å². The van der Waals surface area contributed by atoms with Gasteiger partial charge in [0.05, 0.1) is 12.2 Å². The predicted octanol–water partition coefficient (Wildman–Crippen LogP) is 4.43. The van der Waals surface area contributed by atoms with Gasteiger partial charge in [-0.15, -0.1) is 5.10 Å². The van der Waals surface area contributed by atoms with Crippen LogP contribution in [-0.4, -0.2) is 26.0 Å². The minimum Gasteiger partial charge on any atom is -0.382 e. The zero-order valence-corrected chi connectivity index (χ0v) is 14.7. The Morgan fingerprint density at radius 3 is 2.77 bits per heavy atom. The summed E-state index contributed by atoms with van der Waals surface area (Å²) in [5.74, 6) is 0. The third-order valence-corrected chi connectivity index (χ3v) is 4.48. The lowest BCUT2D eigenvalue weighted by molar-refractivity contribution is 0.324. The van der Waals surface area contributed by atoms with Crippen LogP contribution < -0.4 is 5.32 Å². The summed E-state index contributed by atoms with van der Waals surface area (Å²) in [6.45, 7) is 4.24. The van der Waals surface area contributed by atoms with Crippen LogP contribution in [-0.2, 0) is 0 Å². The highest BCUT2D eigenvalue weighted by Gasteiger charge is 2.18. The first-order valence-electron chi connectivity index (χ1n) is 7.98. The number of hydrogen-bond acceptors (Lipinski definition) is 4. The van der Waals surface area contributed by atoms with Crippen LogP contribution in [0.3, 0.4) is 0 Å². The lowest BCUT2D eigenvalue weighted by Gasteiger charge is -2.21. The summed E-state index contributed by atoms with van der Waals surface area (Å²) in [5, 5.41) is 12.2. The fourth-order valence-corrected chi connectivity index (χ4v) is 3.32. The molecule has 0 radical (unpaired) electrons. The van der Waals surface area contributed by atoms with Crippen LogP contribution in [0.5, 0.6) is 0 Å². The molecule has 1 fully saturated rings. The fraction of sp³-hybridized carbons (Fsp3) is 0.562. The quantitative estimate of drug-likeness (QED) is 0.816. The molecule has 1 aliphatic rings. The second-order valence-electron chi connectivity index (χ2n) is 6.23. The summed E-state index contributed by atoms with van der Waals surface area (Å²) in [6.07, 6.45) is 10.3. The topological polar surface area (TPSA) is 55.6 Å². The molecule has 118 valence electrons. The minimum absolute atomic E-state index is 0.349. The number of halogens is 1. The van der Waals surface area contributed by atoms with E-state index in [4.69, 9.17) is 0 Å². The number of nitrogens with zero attached hydrogens (tertiary/aromatic N) is 4. The van der Waals surface area contributed by atoms with Crippen LogP contribution in [0.25, 0.3) is 11.3 Å². The summed E-state index contributed by atoms with van der Waals surface area (Å²) in [7, 11) is 0. The molecule has 0 bridgehead atoms. The highest BCUT2D eigenvalue weighted by atomic mass is 79.9. The first-order chi connectivity index (χ1) is 10.6. The second kappa shape index (κ2) is 6.77. The maximum Gasteiger partial charge on any atom is 0.116 e. The van der Waals surface area contributed by atoms with Crippen molar-refractivity contribution in [3.8, 4) is 11.3 Å². The van der Waals surface area contributed by atoms with E-state index in [1.165, 1.54) is 32.1 Å². The normalized spacial score (nSPS) is 16.2. The number of aromatic nitrogens is 4. The molecular formula is C16H22BrN5. The Balaban J connectivity index is 1.89. The van der Waals surface area contributed by atoms with Crippen LogP contribution >= 0.6 is 15.9 Å². The molecule has 1 N–H and O–H groups in total. The van der Waals surface area contributed by atoms with E-state index in [0.717, 1.165) is 21.5 Å². The van der Waals surface area contributed by atoms with Gasteiger partial charge in [0.15, 0.2) is 0 Å². The summed E-state index contributed by atoms with van der Waals surface area (Å²) < 4.78 is 2.86. The van der Waals surface area contributed by atoms with Crippen LogP contribution in [0, 0.1) is 0 Å². The Morgan fingerprint density at radius 1 is 1.27 bits per heavy atom. The molecule has 3 rings (SSSR count). The van der Waals surface area contributed by atoms with Gasteiger partial charge in [0.2, 0.25) is 0 Å². The number of pyridine rings is 1. The molecular weight excluding hydrogens is 342 g/mol. The first kappa shape index (κ1) is 15.5. The van der Waals surface area contributed by atoms with Crippen molar-refractivity contribution in [1.82, 2.24) is 20.0 Å². The van der Waals surface area contributed by atoms with Gasteiger partial charge in [0, 0.05) is 23.5 Å². The molecule has 0 atom stereocenters. The average molecular weight is 364 g/mol. The van der Waals surface area contributed by atoms with E-state index in [2.05, 4.69) is 56.6 Å². The van der Waals surface area contributed by atoms with E-state index in [1.54, 1.807) is 0 Å². The highest BCUT2D eigenvalue weighted by molar-refractivity contribution is 9.10. The van der Waals surface area contributed by atoms with Crippen molar-refractivity contribution in [1.29, 1.82) is 0 Å². The molecule has 1 saturated carbocycles.